The van der Waals surface area contributed by atoms with Crippen LogP contribution in [0.2, 0.25) is 0 Å². The van der Waals surface area contributed by atoms with Gasteiger partial charge in [0.1, 0.15) is 0 Å². The lowest BCUT2D eigenvalue weighted by molar-refractivity contribution is -0.383. The first-order chi connectivity index (χ1) is 10.2. The Morgan fingerprint density at radius 2 is 2.05 bits per heavy atom. The molecule has 2 aromatic rings. The number of hydrogen-bond donors (Lipinski definition) is 1. The van der Waals surface area contributed by atoms with Crippen molar-refractivity contribution in [1.29, 1.82) is 0 Å². The van der Waals surface area contributed by atoms with E-state index in [1.165, 1.54) is 6.07 Å². The zero-order valence-electron chi connectivity index (χ0n) is 11.4. The van der Waals surface area contributed by atoms with Gasteiger partial charge in [0.15, 0.2) is 5.52 Å². The predicted octanol–water partition coefficient (Wildman–Crippen LogP) is 1.87. The van der Waals surface area contributed by atoms with Gasteiger partial charge in [0.25, 0.3) is 0 Å². The van der Waals surface area contributed by atoms with Crippen LogP contribution in [-0.2, 0) is 0 Å². The molecule has 1 N–H and O–H groups in total. The number of nitro groups is 1. The summed E-state index contributed by atoms with van der Waals surface area (Å²) >= 11 is 0. The van der Waals surface area contributed by atoms with Crippen molar-refractivity contribution in [3.63, 3.8) is 0 Å². The summed E-state index contributed by atoms with van der Waals surface area (Å²) in [4.78, 5) is 12.6. The predicted molar refractivity (Wildman–Crippen MR) is 75.1 cm³/mol. The standard InChI is InChI=1S/C13H16N4O4/c18-8-7-16(9-3-1-2-4-9)10-5-6-11(17(19)20)13-12(10)14-21-15-13/h5-6,9,18H,1-4,7-8H2. The minimum absolute atomic E-state index is 0.0141. The number of fused-ring (bicyclic) bond motifs is 1. The molecule has 0 aliphatic heterocycles. The largest absolute Gasteiger partial charge is 0.395 e. The molecule has 21 heavy (non-hydrogen) atoms. The Labute approximate surface area is 120 Å². The Morgan fingerprint density at radius 1 is 1.33 bits per heavy atom. The van der Waals surface area contributed by atoms with Gasteiger partial charge >= 0.3 is 5.69 Å². The lowest BCUT2D eigenvalue weighted by atomic mass is 10.1. The second-order valence-corrected chi connectivity index (χ2v) is 5.18. The summed E-state index contributed by atoms with van der Waals surface area (Å²) in [5.74, 6) is 0. The Balaban J connectivity index is 2.07. The summed E-state index contributed by atoms with van der Waals surface area (Å²) < 4.78 is 4.69. The maximum Gasteiger partial charge on any atom is 0.300 e. The van der Waals surface area contributed by atoms with Crippen LogP contribution in [0.15, 0.2) is 16.8 Å². The van der Waals surface area contributed by atoms with Crippen LogP contribution in [-0.4, -0.2) is 39.5 Å². The van der Waals surface area contributed by atoms with Crippen molar-refractivity contribution in [2.75, 3.05) is 18.1 Å². The number of anilines is 1. The monoisotopic (exact) mass is 292 g/mol. The van der Waals surface area contributed by atoms with Crippen molar-refractivity contribution < 1.29 is 14.7 Å². The zero-order valence-corrected chi connectivity index (χ0v) is 11.4. The number of benzene rings is 1. The minimum Gasteiger partial charge on any atom is -0.395 e. The molecule has 0 radical (unpaired) electrons. The summed E-state index contributed by atoms with van der Waals surface area (Å²) in [5.41, 5.74) is 1.14. The Hall–Kier alpha value is -2.22. The van der Waals surface area contributed by atoms with E-state index in [1.807, 2.05) is 0 Å². The molecule has 1 heterocycles. The van der Waals surface area contributed by atoms with Crippen molar-refractivity contribution in [1.82, 2.24) is 10.3 Å². The number of rotatable bonds is 5. The van der Waals surface area contributed by atoms with E-state index in [0.717, 1.165) is 31.4 Å². The first kappa shape index (κ1) is 13.7. The Kier molecular flexibility index (Phi) is 3.70. The molecule has 8 heteroatoms. The second-order valence-electron chi connectivity index (χ2n) is 5.18. The topological polar surface area (TPSA) is 106 Å². The first-order valence-electron chi connectivity index (χ1n) is 6.99. The molecule has 1 aliphatic carbocycles. The number of nitrogens with zero attached hydrogens (tertiary/aromatic N) is 4. The van der Waals surface area contributed by atoms with E-state index in [2.05, 4.69) is 15.2 Å². The minimum atomic E-state index is -0.498. The molecule has 1 aliphatic rings. The molecule has 0 saturated heterocycles. The molecular weight excluding hydrogens is 276 g/mol. The van der Waals surface area contributed by atoms with E-state index in [9.17, 15) is 15.2 Å². The number of nitro benzene ring substituents is 1. The molecule has 1 aromatic heterocycles. The highest BCUT2D eigenvalue weighted by Gasteiger charge is 2.27. The third kappa shape index (κ3) is 2.42. The lowest BCUT2D eigenvalue weighted by Crippen LogP contribution is -2.35. The quantitative estimate of drug-likeness (QED) is 0.662. The summed E-state index contributed by atoms with van der Waals surface area (Å²) in [6.07, 6.45) is 4.40. The number of aliphatic hydroxyl groups excluding tert-OH is 1. The zero-order chi connectivity index (χ0) is 14.8. The molecule has 1 fully saturated rings. The van der Waals surface area contributed by atoms with Gasteiger partial charge in [-0.15, -0.1) is 0 Å². The van der Waals surface area contributed by atoms with Crippen LogP contribution in [0, 0.1) is 10.1 Å². The molecule has 1 saturated carbocycles. The van der Waals surface area contributed by atoms with E-state index >= 15 is 0 Å². The molecule has 0 unspecified atom stereocenters. The highest BCUT2D eigenvalue weighted by Crippen LogP contribution is 2.35. The SMILES string of the molecule is O=[N+]([O-])c1ccc(N(CCO)C2CCCC2)c2nonc12. The van der Waals surface area contributed by atoms with Gasteiger partial charge in [-0.3, -0.25) is 10.1 Å². The molecular formula is C13H16N4O4. The fraction of sp³-hybridized carbons (Fsp3) is 0.538. The van der Waals surface area contributed by atoms with Gasteiger partial charge in [0, 0.05) is 18.7 Å². The third-order valence-electron chi connectivity index (χ3n) is 3.99. The van der Waals surface area contributed by atoms with Crippen LogP contribution in [0.4, 0.5) is 11.4 Å². The first-order valence-corrected chi connectivity index (χ1v) is 6.99. The molecule has 1 aromatic carbocycles. The summed E-state index contributed by atoms with van der Waals surface area (Å²) in [6, 6.07) is 3.40. The van der Waals surface area contributed by atoms with Crippen LogP contribution >= 0.6 is 0 Å². The van der Waals surface area contributed by atoms with Gasteiger partial charge in [-0.2, -0.15) is 0 Å². The molecule has 0 spiro atoms. The van der Waals surface area contributed by atoms with Gasteiger partial charge in [0.05, 0.1) is 17.2 Å². The van der Waals surface area contributed by atoms with E-state index < -0.39 is 4.92 Å². The molecule has 3 rings (SSSR count). The fourth-order valence-corrected chi connectivity index (χ4v) is 3.04. The maximum atomic E-state index is 11.0. The van der Waals surface area contributed by atoms with Gasteiger partial charge in [0.2, 0.25) is 5.52 Å². The Morgan fingerprint density at radius 3 is 2.71 bits per heavy atom. The van der Waals surface area contributed by atoms with E-state index in [0.29, 0.717) is 18.1 Å². The molecule has 112 valence electrons. The van der Waals surface area contributed by atoms with Crippen molar-refractivity contribution >= 4 is 22.4 Å². The number of aliphatic hydroxyl groups is 1. The number of non-ortho nitro benzene ring substituents is 1. The lowest BCUT2D eigenvalue weighted by Gasteiger charge is -2.30. The number of hydrogen-bond acceptors (Lipinski definition) is 7. The summed E-state index contributed by atoms with van der Waals surface area (Å²) in [5, 5.41) is 27.8. The van der Waals surface area contributed by atoms with Crippen molar-refractivity contribution in [3.8, 4) is 0 Å². The van der Waals surface area contributed by atoms with E-state index in [-0.39, 0.29) is 17.8 Å². The highest BCUT2D eigenvalue weighted by molar-refractivity contribution is 5.93. The average Bonchev–Trinajstić information content (AvgIpc) is 3.14. The van der Waals surface area contributed by atoms with E-state index in [4.69, 9.17) is 4.63 Å². The van der Waals surface area contributed by atoms with Crippen LogP contribution in [0.1, 0.15) is 25.7 Å². The van der Waals surface area contributed by atoms with Gasteiger partial charge in [-0.05, 0) is 29.2 Å². The van der Waals surface area contributed by atoms with E-state index in [1.54, 1.807) is 6.07 Å². The maximum absolute atomic E-state index is 11.0. The molecule has 8 nitrogen and oxygen atoms in total. The smallest absolute Gasteiger partial charge is 0.300 e. The van der Waals surface area contributed by atoms with Crippen LogP contribution in [0.5, 0.6) is 0 Å². The van der Waals surface area contributed by atoms with Crippen molar-refractivity contribution in [2.24, 2.45) is 0 Å². The highest BCUT2D eigenvalue weighted by atomic mass is 16.6. The van der Waals surface area contributed by atoms with Crippen LogP contribution in [0.3, 0.4) is 0 Å². The average molecular weight is 292 g/mol. The second kappa shape index (κ2) is 5.65. The summed E-state index contributed by atoms with van der Waals surface area (Å²) in [6.45, 7) is 0.477. The Bertz CT molecular complexity index is 651. The normalized spacial score (nSPS) is 15.7. The molecule has 0 atom stereocenters. The van der Waals surface area contributed by atoms with Gasteiger partial charge in [-0.1, -0.05) is 12.8 Å². The third-order valence-corrected chi connectivity index (χ3v) is 3.99. The van der Waals surface area contributed by atoms with Gasteiger partial charge in [-0.25, -0.2) is 4.63 Å². The molecule has 0 bridgehead atoms. The number of aromatic nitrogens is 2. The van der Waals surface area contributed by atoms with Crippen molar-refractivity contribution in [2.45, 2.75) is 31.7 Å². The summed E-state index contributed by atoms with van der Waals surface area (Å²) in [7, 11) is 0. The van der Waals surface area contributed by atoms with Crippen molar-refractivity contribution in [3.05, 3.63) is 22.2 Å². The van der Waals surface area contributed by atoms with Crippen LogP contribution in [0.25, 0.3) is 11.0 Å². The van der Waals surface area contributed by atoms with Gasteiger partial charge < -0.3 is 10.0 Å². The van der Waals surface area contributed by atoms with Crippen LogP contribution < -0.4 is 4.90 Å². The molecule has 0 amide bonds. The fourth-order valence-electron chi connectivity index (χ4n) is 3.04.